The fourth-order valence-corrected chi connectivity index (χ4v) is 8.64. The fraction of sp³-hybridized carbons (Fsp3) is 0.438. The molecule has 1 unspecified atom stereocenters. The maximum absolute atomic E-state index is 13.1. The van der Waals surface area contributed by atoms with E-state index in [4.69, 9.17) is 4.74 Å². The third kappa shape index (κ3) is 2.35. The molecule has 188 valence electrons. The second-order valence-electron chi connectivity index (χ2n) is 12.6. The van der Waals surface area contributed by atoms with Gasteiger partial charge in [0.15, 0.2) is 11.5 Å². The van der Waals surface area contributed by atoms with Gasteiger partial charge in [0, 0.05) is 35.8 Å². The van der Waals surface area contributed by atoms with Crippen molar-refractivity contribution in [3.05, 3.63) is 70.4 Å². The van der Waals surface area contributed by atoms with Gasteiger partial charge in [0.25, 0.3) is 0 Å². The van der Waals surface area contributed by atoms with Gasteiger partial charge in [0.2, 0.25) is 0 Å². The van der Waals surface area contributed by atoms with E-state index in [-0.39, 0.29) is 17.8 Å². The van der Waals surface area contributed by atoms with E-state index in [1.807, 2.05) is 0 Å². The Bertz CT molecular complexity index is 1680. The van der Waals surface area contributed by atoms with Crippen molar-refractivity contribution in [3.8, 4) is 11.5 Å². The summed E-state index contributed by atoms with van der Waals surface area (Å²) in [4.78, 5) is 2.45. The van der Waals surface area contributed by atoms with E-state index < -0.39 is 11.1 Å². The summed E-state index contributed by atoms with van der Waals surface area (Å²) < 4.78 is 9.24. The third-order valence-electron chi connectivity index (χ3n) is 10.8. The fourth-order valence-electron chi connectivity index (χ4n) is 8.64. The van der Waals surface area contributed by atoms with Gasteiger partial charge in [-0.3, -0.25) is 4.90 Å². The molecular formula is C32H32N2O3. The maximum Gasteiger partial charge on any atom is 0.165 e. The zero-order chi connectivity index (χ0) is 24.8. The van der Waals surface area contributed by atoms with Crippen LogP contribution in [0, 0.1) is 5.92 Å². The minimum absolute atomic E-state index is 0.189. The molecule has 2 aliphatic heterocycles. The van der Waals surface area contributed by atoms with Crippen LogP contribution in [0.15, 0.2) is 42.5 Å². The van der Waals surface area contributed by atoms with E-state index in [0.717, 1.165) is 37.4 Å². The van der Waals surface area contributed by atoms with Crippen LogP contribution in [0.25, 0.3) is 21.7 Å². The summed E-state index contributed by atoms with van der Waals surface area (Å²) in [6.45, 7) is 4.21. The first-order chi connectivity index (χ1) is 17.9. The molecule has 0 saturated heterocycles. The van der Waals surface area contributed by atoms with E-state index >= 15 is 0 Å². The topological polar surface area (TPSA) is 57.9 Å². The molecule has 0 spiro atoms. The number of ether oxygens (including phenoxy) is 1. The van der Waals surface area contributed by atoms with E-state index in [0.29, 0.717) is 12.2 Å². The highest BCUT2D eigenvalue weighted by Crippen LogP contribution is 2.66. The smallest absolute Gasteiger partial charge is 0.165 e. The van der Waals surface area contributed by atoms with Gasteiger partial charge in [-0.15, -0.1) is 0 Å². The van der Waals surface area contributed by atoms with E-state index in [2.05, 4.69) is 59.8 Å². The van der Waals surface area contributed by atoms with Crippen LogP contribution < -0.4 is 4.74 Å². The van der Waals surface area contributed by atoms with Gasteiger partial charge in [0.1, 0.15) is 6.10 Å². The van der Waals surface area contributed by atoms with Crippen molar-refractivity contribution < 1.29 is 14.9 Å². The number of aryl methyl sites for hydroxylation is 2. The summed E-state index contributed by atoms with van der Waals surface area (Å²) in [5, 5.41) is 27.8. The van der Waals surface area contributed by atoms with Crippen LogP contribution >= 0.6 is 0 Å². The molecule has 2 N–H and O–H groups in total. The number of phenols is 1. The molecule has 0 radical (unpaired) electrons. The lowest BCUT2D eigenvalue weighted by molar-refractivity contribution is -0.140. The Morgan fingerprint density at radius 1 is 1.08 bits per heavy atom. The molecule has 37 heavy (non-hydrogen) atoms. The first-order valence-electron chi connectivity index (χ1n) is 13.9. The lowest BCUT2D eigenvalue weighted by Crippen LogP contribution is -2.69. The van der Waals surface area contributed by atoms with Crippen LogP contribution in [0.5, 0.6) is 11.5 Å². The predicted octanol–water partition coefficient (Wildman–Crippen LogP) is 5.22. The summed E-state index contributed by atoms with van der Waals surface area (Å²) in [7, 11) is 2.21. The molecule has 1 saturated carbocycles. The standard InChI is InChI=1S/C32H32N2O3/c1-31(33(2)16-17-6-7-17)14-20-9-11-23(35)29-25(20)26-30(37-29)28-22(15-32(26,31)36)21-10-8-18-4-3-5-19-12-13-34(28)27(21)24(18)19/h3-5,8-11,17,26,30,35-36H,6-7,12-16H2,1-2H3/t26?,30-,31+,32+/m1/s1. The van der Waals surface area contributed by atoms with Gasteiger partial charge < -0.3 is 19.5 Å². The molecular weight excluding hydrogens is 460 g/mol. The number of hydrogen-bond acceptors (Lipinski definition) is 4. The van der Waals surface area contributed by atoms with Crippen molar-refractivity contribution >= 4 is 21.7 Å². The molecule has 9 rings (SSSR count). The van der Waals surface area contributed by atoms with E-state index in [1.165, 1.54) is 56.9 Å². The van der Waals surface area contributed by atoms with E-state index in [1.54, 1.807) is 6.07 Å². The van der Waals surface area contributed by atoms with Crippen molar-refractivity contribution in [2.45, 2.75) is 68.7 Å². The number of aliphatic hydroxyl groups is 1. The van der Waals surface area contributed by atoms with Crippen LogP contribution in [0.4, 0.5) is 0 Å². The van der Waals surface area contributed by atoms with Crippen molar-refractivity contribution in [1.29, 1.82) is 0 Å². The molecule has 3 aliphatic carbocycles. The van der Waals surface area contributed by atoms with Crippen LogP contribution in [0.3, 0.4) is 0 Å². The number of fused-ring (bicyclic) bond motifs is 4. The molecule has 5 aliphatic rings. The highest BCUT2D eigenvalue weighted by Gasteiger charge is 2.66. The molecule has 5 heteroatoms. The van der Waals surface area contributed by atoms with Crippen molar-refractivity contribution in [1.82, 2.24) is 9.47 Å². The van der Waals surface area contributed by atoms with E-state index in [9.17, 15) is 10.2 Å². The lowest BCUT2D eigenvalue weighted by Gasteiger charge is -2.58. The molecule has 0 bridgehead atoms. The Balaban J connectivity index is 1.35. The van der Waals surface area contributed by atoms with Crippen molar-refractivity contribution in [3.63, 3.8) is 0 Å². The Labute approximate surface area is 216 Å². The molecule has 0 amide bonds. The highest BCUT2D eigenvalue weighted by atomic mass is 16.5. The molecule has 1 aromatic heterocycles. The van der Waals surface area contributed by atoms with Gasteiger partial charge in [-0.2, -0.15) is 0 Å². The van der Waals surface area contributed by atoms with Crippen LogP contribution in [0.1, 0.15) is 59.7 Å². The second kappa shape index (κ2) is 6.51. The molecule has 4 aromatic rings. The average molecular weight is 493 g/mol. The number of rotatable bonds is 3. The zero-order valence-electron chi connectivity index (χ0n) is 21.4. The Morgan fingerprint density at radius 2 is 1.95 bits per heavy atom. The normalized spacial score (nSPS) is 30.7. The molecule has 1 fully saturated rings. The number of phenolic OH excluding ortho intramolecular Hbond substituents is 1. The lowest BCUT2D eigenvalue weighted by atomic mass is 9.55. The average Bonchev–Trinajstić information content (AvgIpc) is 3.51. The molecule has 3 aromatic carbocycles. The number of nitrogens with zero attached hydrogens (tertiary/aromatic N) is 2. The predicted molar refractivity (Wildman–Crippen MR) is 143 cm³/mol. The highest BCUT2D eigenvalue weighted by molar-refractivity contribution is 6.10. The summed E-state index contributed by atoms with van der Waals surface area (Å²) in [5.74, 6) is 1.31. The van der Waals surface area contributed by atoms with Gasteiger partial charge in [-0.05, 0) is 73.7 Å². The largest absolute Gasteiger partial charge is 0.504 e. The molecule has 4 atom stereocenters. The minimum Gasteiger partial charge on any atom is -0.504 e. The van der Waals surface area contributed by atoms with Crippen LogP contribution in [0.2, 0.25) is 0 Å². The summed E-state index contributed by atoms with van der Waals surface area (Å²) in [6, 6.07) is 15.0. The zero-order valence-corrected chi connectivity index (χ0v) is 21.4. The van der Waals surface area contributed by atoms with Gasteiger partial charge in [0.05, 0.1) is 28.3 Å². The number of aromatic hydroxyl groups is 1. The molecule has 3 heterocycles. The summed E-state index contributed by atoms with van der Waals surface area (Å²) in [6.07, 6.45) is 4.62. The van der Waals surface area contributed by atoms with Gasteiger partial charge in [-0.1, -0.05) is 36.4 Å². The molecule has 5 nitrogen and oxygen atoms in total. The van der Waals surface area contributed by atoms with Crippen molar-refractivity contribution in [2.75, 3.05) is 13.6 Å². The SMILES string of the molecule is CN(CC1CC1)[C@@]1(C)Cc2ccc(O)c3c2C2[C@@H](O3)c3c(c4ccc5cccc6c5c4n3CC6)C[C@]21O. The number of likely N-dealkylation sites (N-methyl/N-ethyl adjacent to an activating group) is 1. The quantitative estimate of drug-likeness (QED) is 0.412. The van der Waals surface area contributed by atoms with Crippen LogP contribution in [-0.4, -0.2) is 44.4 Å². The first kappa shape index (κ1) is 21.0. The third-order valence-corrected chi connectivity index (χ3v) is 10.8. The first-order valence-corrected chi connectivity index (χ1v) is 13.9. The second-order valence-corrected chi connectivity index (χ2v) is 12.6. The van der Waals surface area contributed by atoms with Crippen molar-refractivity contribution in [2.24, 2.45) is 5.92 Å². The number of benzene rings is 3. The van der Waals surface area contributed by atoms with Gasteiger partial charge >= 0.3 is 0 Å². The minimum atomic E-state index is -1.01. The number of aromatic nitrogens is 1. The Hall–Kier alpha value is -3.02. The summed E-state index contributed by atoms with van der Waals surface area (Å²) >= 11 is 0. The monoisotopic (exact) mass is 492 g/mol. The van der Waals surface area contributed by atoms with Gasteiger partial charge in [-0.25, -0.2) is 0 Å². The van der Waals surface area contributed by atoms with Crippen LogP contribution in [-0.2, 0) is 25.8 Å². The number of hydrogen-bond donors (Lipinski definition) is 2. The summed E-state index contributed by atoms with van der Waals surface area (Å²) in [5.41, 5.74) is 5.94. The Morgan fingerprint density at radius 3 is 2.78 bits per heavy atom. The Kier molecular flexibility index (Phi) is 3.69. The maximum atomic E-state index is 13.1.